The van der Waals surface area contributed by atoms with E-state index in [4.69, 9.17) is 14.2 Å². The van der Waals surface area contributed by atoms with Crippen LogP contribution in [0.25, 0.3) is 0 Å². The topological polar surface area (TPSA) is 144 Å². The Kier molecular flexibility index (Phi) is 8.56. The standard InChI is InChI=1S/C44H58N4O8/c1-7-40-15-11-17-47-18-16-42(36(40)47)30-20-31(34(54-4)21-33(30)46(3)37(42)44(52,25-40)39(50)56-6)43(38(49)55-5)23-27-22-41(51,8-2)26-48(53,24-27)19-14-29-28-12-9-10-13-32(28)45-35(29)43/h9-13,15,20-21,27-28,32,36-37,45,51-52H,7-8,14,16-19,22-26H2,1-6H3/t27-,28?,32?,36-,37+,40-,41-,42+,43-,44+,48?/m0/s1. The van der Waals surface area contributed by atoms with Crippen molar-refractivity contribution in [2.24, 2.45) is 17.3 Å². The number of piperidine rings is 1. The molecule has 1 saturated carbocycles. The molecule has 0 amide bonds. The van der Waals surface area contributed by atoms with E-state index < -0.39 is 50.1 Å². The van der Waals surface area contributed by atoms with E-state index in [-0.39, 0.29) is 49.9 Å². The van der Waals surface area contributed by atoms with Crippen LogP contribution in [-0.2, 0) is 29.9 Å². The average molecular weight is 771 g/mol. The molecule has 0 radical (unpaired) electrons. The number of nitrogens with zero attached hydrogens (tertiary/aromatic N) is 3. The number of likely N-dealkylation sites (N-methyl/N-ethyl adjacent to an activating group) is 1. The summed E-state index contributed by atoms with van der Waals surface area (Å²) in [4.78, 5) is 33.8. The van der Waals surface area contributed by atoms with Gasteiger partial charge in [0, 0.05) is 71.7 Å². The van der Waals surface area contributed by atoms with E-state index in [0.717, 1.165) is 35.6 Å². The molecule has 3 N–H and O–H groups in total. The molecular weight excluding hydrogens is 713 g/mol. The van der Waals surface area contributed by atoms with Crippen molar-refractivity contribution in [3.8, 4) is 5.75 Å². The second-order valence-electron chi connectivity index (χ2n) is 18.3. The van der Waals surface area contributed by atoms with Crippen LogP contribution in [-0.4, -0.2) is 122 Å². The fraction of sp³-hybridized carbons (Fsp3) is 0.636. The van der Waals surface area contributed by atoms with E-state index in [1.165, 1.54) is 14.2 Å². The Bertz CT molecular complexity index is 1980. The van der Waals surface area contributed by atoms with Gasteiger partial charge in [0.1, 0.15) is 23.3 Å². The first-order chi connectivity index (χ1) is 26.7. The highest BCUT2D eigenvalue weighted by Crippen LogP contribution is 2.68. The van der Waals surface area contributed by atoms with Crippen LogP contribution in [0.15, 0.2) is 59.9 Å². The molecule has 12 nitrogen and oxygen atoms in total. The third kappa shape index (κ3) is 4.82. The lowest BCUT2D eigenvalue weighted by molar-refractivity contribution is -0.896. The van der Waals surface area contributed by atoms with Crippen LogP contribution in [0, 0.1) is 22.5 Å². The second kappa shape index (κ2) is 12.7. The summed E-state index contributed by atoms with van der Waals surface area (Å²) in [6.07, 6.45) is 15.9. The average Bonchev–Trinajstić information content (AvgIpc) is 3.85. The van der Waals surface area contributed by atoms with E-state index in [1.54, 1.807) is 7.11 Å². The monoisotopic (exact) mass is 770 g/mol. The highest BCUT2D eigenvalue weighted by Gasteiger charge is 2.75. The predicted molar refractivity (Wildman–Crippen MR) is 211 cm³/mol. The summed E-state index contributed by atoms with van der Waals surface area (Å²) in [6, 6.07) is 3.33. The van der Waals surface area contributed by atoms with E-state index in [1.807, 2.05) is 32.2 Å². The molecule has 3 fully saturated rings. The Morgan fingerprint density at radius 1 is 1.02 bits per heavy atom. The number of aliphatic hydroxyl groups is 2. The van der Waals surface area contributed by atoms with E-state index in [0.29, 0.717) is 50.0 Å². The molecule has 2 bridgehead atoms. The largest absolute Gasteiger partial charge is 0.633 e. The van der Waals surface area contributed by atoms with Crippen molar-refractivity contribution in [3.63, 3.8) is 0 Å². The molecular formula is C44H58N4O8. The van der Waals surface area contributed by atoms with Crippen LogP contribution in [0.4, 0.5) is 5.69 Å². The molecule has 9 rings (SSSR count). The molecule has 1 spiro atoms. The van der Waals surface area contributed by atoms with Gasteiger partial charge in [-0.3, -0.25) is 9.69 Å². The maximum absolute atomic E-state index is 15.3. The van der Waals surface area contributed by atoms with Gasteiger partial charge in [-0.1, -0.05) is 50.3 Å². The smallest absolute Gasteiger partial charge is 0.340 e. The molecule has 11 atom stereocenters. The summed E-state index contributed by atoms with van der Waals surface area (Å²) in [5.41, 5.74) is -1.50. The Morgan fingerprint density at radius 2 is 1.79 bits per heavy atom. The van der Waals surface area contributed by atoms with Crippen molar-refractivity contribution in [2.75, 3.05) is 66.0 Å². The minimum atomic E-state index is -1.84. The lowest BCUT2D eigenvalue weighted by Crippen LogP contribution is -2.74. The van der Waals surface area contributed by atoms with Crippen LogP contribution in [0.5, 0.6) is 5.75 Å². The van der Waals surface area contributed by atoms with Gasteiger partial charge >= 0.3 is 11.9 Å². The van der Waals surface area contributed by atoms with Crippen molar-refractivity contribution in [2.45, 2.75) is 99.0 Å². The Labute approximate surface area is 330 Å². The van der Waals surface area contributed by atoms with Gasteiger partial charge in [0.2, 0.25) is 0 Å². The predicted octanol–water partition coefficient (Wildman–Crippen LogP) is 3.75. The molecule has 56 heavy (non-hydrogen) atoms. The SMILES string of the molecule is CC[C@]1(O)C[C@H]2C[C@](C(=O)OC)(c3cc4c(cc3OC)N(C)[C@@H]3[C@]45CCN4CC=C[C@@](CC)(C[C@]3(O)C(=O)OC)[C@H]45)C3=C(CC[N+]([O-])(C2)C1)C1C=CC=CC1N3. The molecule has 0 aromatic heterocycles. The molecule has 6 heterocycles. The third-order valence-corrected chi connectivity index (χ3v) is 15.8. The normalized spacial score (nSPS) is 43.0. The van der Waals surface area contributed by atoms with Gasteiger partial charge in [-0.05, 0) is 62.3 Å². The van der Waals surface area contributed by atoms with Gasteiger partial charge in [-0.2, -0.15) is 0 Å². The summed E-state index contributed by atoms with van der Waals surface area (Å²) in [7, 11) is 6.33. The van der Waals surface area contributed by atoms with Crippen LogP contribution in [0.2, 0.25) is 0 Å². The van der Waals surface area contributed by atoms with Crippen LogP contribution in [0.1, 0.15) is 69.9 Å². The maximum Gasteiger partial charge on any atom is 0.340 e. The number of fused-ring (bicyclic) bond motifs is 5. The zero-order valence-electron chi connectivity index (χ0n) is 33.7. The summed E-state index contributed by atoms with van der Waals surface area (Å²) in [5, 5.41) is 43.4. The van der Waals surface area contributed by atoms with Crippen LogP contribution < -0.4 is 15.0 Å². The molecule has 302 valence electrons. The van der Waals surface area contributed by atoms with Crippen molar-refractivity contribution in [1.29, 1.82) is 0 Å². The van der Waals surface area contributed by atoms with Gasteiger partial charge in [0.15, 0.2) is 5.60 Å². The minimum absolute atomic E-state index is 0.0340. The number of methoxy groups -OCH3 is 3. The summed E-state index contributed by atoms with van der Waals surface area (Å²) in [6.45, 7) is 6.32. The summed E-state index contributed by atoms with van der Waals surface area (Å²) >= 11 is 0. The fourth-order valence-electron chi connectivity index (χ4n) is 13.8. The van der Waals surface area contributed by atoms with E-state index in [2.05, 4.69) is 52.4 Å². The van der Waals surface area contributed by atoms with Crippen molar-refractivity contribution >= 4 is 17.6 Å². The quantitative estimate of drug-likeness (QED) is 0.169. The number of nitrogens with one attached hydrogen (secondary N) is 1. The zero-order chi connectivity index (χ0) is 39.6. The molecule has 1 aromatic carbocycles. The lowest BCUT2D eigenvalue weighted by Gasteiger charge is -2.60. The van der Waals surface area contributed by atoms with Gasteiger partial charge in [-0.25, -0.2) is 4.79 Å². The zero-order valence-corrected chi connectivity index (χ0v) is 33.7. The van der Waals surface area contributed by atoms with Crippen LogP contribution >= 0.6 is 0 Å². The van der Waals surface area contributed by atoms with Gasteiger partial charge < -0.3 is 44.5 Å². The molecule has 3 unspecified atom stereocenters. The van der Waals surface area contributed by atoms with Crippen molar-refractivity contribution in [3.05, 3.63) is 76.2 Å². The molecule has 8 aliphatic rings. The number of hydroxylamine groups is 3. The number of anilines is 1. The number of quaternary nitrogens is 1. The minimum Gasteiger partial charge on any atom is -0.633 e. The number of hydrogen-bond acceptors (Lipinski definition) is 11. The second-order valence-corrected chi connectivity index (χ2v) is 18.3. The first-order valence-electron chi connectivity index (χ1n) is 20.6. The highest BCUT2D eigenvalue weighted by atomic mass is 16.6. The Hall–Kier alpha value is -3.68. The molecule has 12 heteroatoms. The van der Waals surface area contributed by atoms with Crippen molar-refractivity contribution in [1.82, 2.24) is 10.2 Å². The lowest BCUT2D eigenvalue weighted by atomic mass is 9.49. The van der Waals surface area contributed by atoms with Crippen molar-refractivity contribution < 1.29 is 38.7 Å². The number of benzene rings is 1. The highest BCUT2D eigenvalue weighted by molar-refractivity contribution is 5.91. The molecule has 1 aromatic rings. The number of rotatable bonds is 6. The number of hydrogen-bond donors (Lipinski definition) is 3. The van der Waals surface area contributed by atoms with E-state index in [9.17, 15) is 20.2 Å². The van der Waals surface area contributed by atoms with Gasteiger partial charge in [0.25, 0.3) is 0 Å². The number of esters is 2. The van der Waals surface area contributed by atoms with E-state index >= 15 is 4.79 Å². The first-order valence-corrected chi connectivity index (χ1v) is 20.6. The summed E-state index contributed by atoms with van der Waals surface area (Å²) in [5.74, 6) is -1.01. The number of allylic oxidation sites excluding steroid dienone is 2. The summed E-state index contributed by atoms with van der Waals surface area (Å²) < 4.78 is 17.2. The number of carbonyl (C=O) groups is 2. The molecule has 2 saturated heterocycles. The molecule has 6 aliphatic heterocycles. The van der Waals surface area contributed by atoms with Gasteiger partial charge in [-0.15, -0.1) is 0 Å². The Morgan fingerprint density at radius 3 is 2.50 bits per heavy atom. The van der Waals surface area contributed by atoms with Gasteiger partial charge in [0.05, 0.1) is 46.5 Å². The third-order valence-electron chi connectivity index (χ3n) is 15.8. The maximum atomic E-state index is 15.3. The molecule has 2 aliphatic carbocycles. The fourth-order valence-corrected chi connectivity index (χ4v) is 13.8. The van der Waals surface area contributed by atoms with Crippen LogP contribution in [0.3, 0.4) is 0 Å². The first kappa shape index (κ1) is 37.9. The number of carbonyl (C=O) groups excluding carboxylic acids is 2. The Balaban J connectivity index is 1.34. The number of ether oxygens (including phenoxy) is 3.